The van der Waals surface area contributed by atoms with E-state index in [0.29, 0.717) is 0 Å². The van der Waals surface area contributed by atoms with Gasteiger partial charge >= 0.3 is 11.9 Å². The second kappa shape index (κ2) is 34.1. The predicted molar refractivity (Wildman–Crippen MR) is 211 cm³/mol. The quantitative estimate of drug-likeness (QED) is 0.0207. The average Bonchev–Trinajstić information content (AvgIpc) is 3.32. The molecule has 0 aromatic rings. The fourth-order valence-corrected chi connectivity index (χ4v) is 5.68. The molecule has 9 atom stereocenters. The van der Waals surface area contributed by atoms with Crippen molar-refractivity contribution >= 4 is 11.9 Å². The average molecular weight is 891 g/mol. The molecule has 0 spiro atoms. The van der Waals surface area contributed by atoms with Gasteiger partial charge in [0.05, 0.1) is 105 Å². The Balaban J connectivity index is 3.18. The number of rotatable bonds is 36. The molecule has 1 aliphatic heterocycles. The van der Waals surface area contributed by atoms with Gasteiger partial charge in [-0.15, -0.1) is 0 Å². The first kappa shape index (κ1) is 56.7. The van der Waals surface area contributed by atoms with Gasteiger partial charge in [-0.2, -0.15) is 0 Å². The molecular formula is C38H70N2O21. The number of hydrogen-bond acceptors (Lipinski definition) is 23. The molecule has 1 aliphatic rings. The zero-order valence-corrected chi connectivity index (χ0v) is 34.8. The first-order valence-electron chi connectivity index (χ1n) is 20.0. The summed E-state index contributed by atoms with van der Waals surface area (Å²) >= 11 is 0. The van der Waals surface area contributed by atoms with E-state index >= 15 is 0 Å². The number of ether oxygens (including phenoxy) is 9. The molecule has 0 amide bonds. The molecule has 9 unspecified atom stereocenters. The van der Waals surface area contributed by atoms with E-state index in [1.165, 1.54) is 0 Å². The van der Waals surface area contributed by atoms with E-state index in [1.54, 1.807) is 9.80 Å². The Morgan fingerprint density at radius 2 is 1.15 bits per heavy atom. The Kier molecular flexibility index (Phi) is 31.7. The molecule has 0 aromatic carbocycles. The summed E-state index contributed by atoms with van der Waals surface area (Å²) in [6, 6.07) is 0. The van der Waals surface area contributed by atoms with E-state index in [0.717, 1.165) is 12.2 Å². The van der Waals surface area contributed by atoms with Crippen LogP contribution in [-0.2, 0) is 52.2 Å². The zero-order chi connectivity index (χ0) is 45.5. The fourth-order valence-electron chi connectivity index (χ4n) is 5.68. The van der Waals surface area contributed by atoms with E-state index in [1.807, 2.05) is 0 Å². The van der Waals surface area contributed by atoms with Gasteiger partial charge in [0.1, 0.15) is 49.3 Å². The standard InChI is InChI=1S/C38H70N2O21/c1-3-35(51)56-20-30(48)19-55-33(24-54-18-29(47)14-39(5-9-41)6-10-42)23-53-17-28(46)13-38(61-22-31(49)21-57-36(52)4-2)26-59-32(16-45)25-58-37(60-27-38)34(50)15-40(7-11-43)8-12-44/h3-4,28-34,37,41-50H,1-2,5-27H2. The third-order valence-corrected chi connectivity index (χ3v) is 8.75. The molecule has 358 valence electrons. The Morgan fingerprint density at radius 3 is 1.67 bits per heavy atom. The highest BCUT2D eigenvalue weighted by molar-refractivity contribution is 5.81. The minimum atomic E-state index is -1.62. The van der Waals surface area contributed by atoms with E-state index in [2.05, 4.69) is 13.2 Å². The number of carbonyl (C=O) groups excluding carboxylic acids is 2. The summed E-state index contributed by atoms with van der Waals surface area (Å²) in [5, 5.41) is 101. The largest absolute Gasteiger partial charge is 0.460 e. The number of nitrogens with zero attached hydrogens (tertiary/aromatic N) is 2. The van der Waals surface area contributed by atoms with Gasteiger partial charge in [-0.3, -0.25) is 9.80 Å². The van der Waals surface area contributed by atoms with Gasteiger partial charge < -0.3 is 93.7 Å². The lowest BCUT2D eigenvalue weighted by Gasteiger charge is -2.37. The molecule has 0 radical (unpaired) electrons. The van der Waals surface area contributed by atoms with E-state index in [-0.39, 0.29) is 118 Å². The molecule has 1 rings (SSSR count). The normalized spacial score (nSPS) is 21.7. The first-order chi connectivity index (χ1) is 29.3. The third-order valence-electron chi connectivity index (χ3n) is 8.75. The summed E-state index contributed by atoms with van der Waals surface area (Å²) in [7, 11) is 0. The topological polar surface area (TPSA) is 326 Å². The molecule has 23 nitrogen and oxygen atoms in total. The molecule has 0 aromatic heterocycles. The molecule has 61 heavy (non-hydrogen) atoms. The minimum absolute atomic E-state index is 0.0910. The third kappa shape index (κ3) is 26.1. The van der Waals surface area contributed by atoms with Crippen molar-refractivity contribution in [2.75, 3.05) is 145 Å². The van der Waals surface area contributed by atoms with Crippen LogP contribution in [0.5, 0.6) is 0 Å². The number of carbonyl (C=O) groups is 2. The predicted octanol–water partition coefficient (Wildman–Crippen LogP) is -5.86. The molecule has 0 bridgehead atoms. The lowest BCUT2D eigenvalue weighted by molar-refractivity contribution is -0.228. The Morgan fingerprint density at radius 1 is 0.639 bits per heavy atom. The van der Waals surface area contributed by atoms with Crippen molar-refractivity contribution in [3.05, 3.63) is 25.3 Å². The Hall–Kier alpha value is -2.34. The van der Waals surface area contributed by atoms with Crippen LogP contribution in [0, 0.1) is 0 Å². The second-order valence-electron chi connectivity index (χ2n) is 14.2. The number of aliphatic hydroxyl groups is 10. The van der Waals surface area contributed by atoms with Gasteiger partial charge in [-0.1, -0.05) is 13.2 Å². The van der Waals surface area contributed by atoms with Gasteiger partial charge in [0, 0.05) is 57.8 Å². The van der Waals surface area contributed by atoms with Crippen LogP contribution in [0.15, 0.2) is 25.3 Å². The van der Waals surface area contributed by atoms with Crippen molar-refractivity contribution in [3.63, 3.8) is 0 Å². The van der Waals surface area contributed by atoms with Crippen LogP contribution in [0.25, 0.3) is 0 Å². The van der Waals surface area contributed by atoms with Crippen LogP contribution in [0.4, 0.5) is 0 Å². The van der Waals surface area contributed by atoms with Crippen molar-refractivity contribution in [2.24, 2.45) is 0 Å². The molecule has 0 aliphatic carbocycles. The summed E-state index contributed by atoms with van der Waals surface area (Å²) < 4.78 is 50.7. The minimum Gasteiger partial charge on any atom is -0.460 e. The van der Waals surface area contributed by atoms with Crippen LogP contribution in [-0.4, -0.2) is 272 Å². The van der Waals surface area contributed by atoms with Crippen molar-refractivity contribution in [3.8, 4) is 0 Å². The van der Waals surface area contributed by atoms with Crippen LogP contribution < -0.4 is 0 Å². The van der Waals surface area contributed by atoms with E-state index in [4.69, 9.17) is 42.6 Å². The van der Waals surface area contributed by atoms with E-state index < -0.39 is 99.6 Å². The summed E-state index contributed by atoms with van der Waals surface area (Å²) in [6.45, 7) is 2.27. The monoisotopic (exact) mass is 890 g/mol. The molecule has 23 heteroatoms. The van der Waals surface area contributed by atoms with Crippen LogP contribution >= 0.6 is 0 Å². The van der Waals surface area contributed by atoms with Crippen molar-refractivity contribution in [1.29, 1.82) is 0 Å². The molecule has 1 heterocycles. The fraction of sp³-hybridized carbons (Fsp3) is 0.842. The molecule has 10 N–H and O–H groups in total. The molecular weight excluding hydrogens is 820 g/mol. The smallest absolute Gasteiger partial charge is 0.330 e. The highest BCUT2D eigenvalue weighted by atomic mass is 16.7. The molecule has 0 saturated carbocycles. The van der Waals surface area contributed by atoms with Gasteiger partial charge in [0.2, 0.25) is 0 Å². The van der Waals surface area contributed by atoms with Crippen molar-refractivity contribution in [2.45, 2.75) is 61.0 Å². The second-order valence-corrected chi connectivity index (χ2v) is 14.2. The van der Waals surface area contributed by atoms with Gasteiger partial charge in [0.25, 0.3) is 0 Å². The number of aliphatic hydroxyl groups excluding tert-OH is 10. The summed E-state index contributed by atoms with van der Waals surface area (Å²) in [5.74, 6) is -1.54. The van der Waals surface area contributed by atoms with Crippen LogP contribution in [0.2, 0.25) is 0 Å². The lowest BCUT2D eigenvalue weighted by Crippen LogP contribution is -2.50. The highest BCUT2D eigenvalue weighted by Crippen LogP contribution is 2.25. The van der Waals surface area contributed by atoms with Crippen molar-refractivity contribution < 1.29 is 103 Å². The SMILES string of the molecule is C=CC(=O)OCC(O)COC(COCC(O)CN(CCO)CCO)COCC(O)CC1(OCC(O)COC(=O)C=C)COC(CO)COC(C(O)CN(CCO)CCO)OC1. The van der Waals surface area contributed by atoms with Gasteiger partial charge in [-0.05, 0) is 0 Å². The zero-order valence-electron chi connectivity index (χ0n) is 34.8. The summed E-state index contributed by atoms with van der Waals surface area (Å²) in [5.41, 5.74) is -1.62. The van der Waals surface area contributed by atoms with Crippen molar-refractivity contribution in [1.82, 2.24) is 9.80 Å². The summed E-state index contributed by atoms with van der Waals surface area (Å²) in [4.78, 5) is 26.2. The number of esters is 2. The van der Waals surface area contributed by atoms with Gasteiger partial charge in [0.15, 0.2) is 6.29 Å². The highest BCUT2D eigenvalue weighted by Gasteiger charge is 2.40. The maximum atomic E-state index is 11.6. The Bertz CT molecular complexity index is 1150. The molecule has 1 saturated heterocycles. The van der Waals surface area contributed by atoms with Crippen LogP contribution in [0.3, 0.4) is 0 Å². The summed E-state index contributed by atoms with van der Waals surface area (Å²) in [6.07, 6.45) is -7.98. The number of hydrogen-bond donors (Lipinski definition) is 10. The maximum Gasteiger partial charge on any atom is 0.330 e. The molecule has 1 fully saturated rings. The van der Waals surface area contributed by atoms with Gasteiger partial charge in [-0.25, -0.2) is 9.59 Å². The first-order valence-corrected chi connectivity index (χ1v) is 20.0. The maximum absolute atomic E-state index is 11.6. The van der Waals surface area contributed by atoms with E-state index in [9.17, 15) is 60.7 Å². The lowest BCUT2D eigenvalue weighted by atomic mass is 9.97. The Labute approximate surface area is 356 Å². The van der Waals surface area contributed by atoms with Crippen LogP contribution in [0.1, 0.15) is 6.42 Å².